The van der Waals surface area contributed by atoms with E-state index in [2.05, 4.69) is 0 Å². The summed E-state index contributed by atoms with van der Waals surface area (Å²) in [5.41, 5.74) is 0.499. The summed E-state index contributed by atoms with van der Waals surface area (Å²) in [6.45, 7) is 11.8. The lowest BCUT2D eigenvalue weighted by Gasteiger charge is -2.37. The number of benzene rings is 1. The van der Waals surface area contributed by atoms with Gasteiger partial charge in [0.1, 0.15) is 5.60 Å². The maximum Gasteiger partial charge on any atom is 0.373 e. The van der Waals surface area contributed by atoms with Crippen molar-refractivity contribution in [3.05, 3.63) is 33.4 Å². The van der Waals surface area contributed by atoms with Gasteiger partial charge in [-0.2, -0.15) is 19.2 Å². The van der Waals surface area contributed by atoms with Gasteiger partial charge in [-0.1, -0.05) is 33.1 Å². The van der Waals surface area contributed by atoms with Gasteiger partial charge >= 0.3 is 18.0 Å². The Morgan fingerprint density at radius 1 is 1.11 bits per heavy atom. The van der Waals surface area contributed by atoms with E-state index in [0.717, 1.165) is 38.5 Å². The number of rotatable bonds is 8. The third-order valence-corrected chi connectivity index (χ3v) is 6.34. The highest BCUT2D eigenvalue weighted by atomic mass is 16.6. The van der Waals surface area contributed by atoms with Gasteiger partial charge in [0.05, 0.1) is 4.92 Å². The maximum absolute atomic E-state index is 13.5. The Kier molecular flexibility index (Phi) is 14.0. The zero-order valence-corrected chi connectivity index (χ0v) is 21.4. The van der Waals surface area contributed by atoms with Crippen molar-refractivity contribution in [1.29, 1.82) is 0 Å². The van der Waals surface area contributed by atoms with E-state index in [4.69, 9.17) is 23.9 Å². The van der Waals surface area contributed by atoms with Crippen molar-refractivity contribution in [1.82, 2.24) is 4.90 Å². The first kappa shape index (κ1) is 31.6. The summed E-state index contributed by atoms with van der Waals surface area (Å²) < 4.78 is 6.07. The monoisotopic (exact) mass is 492 g/mol. The van der Waals surface area contributed by atoms with Crippen molar-refractivity contribution >= 4 is 23.9 Å². The number of carbonyl (C=O) groups excluding carboxylic acids is 5. The lowest BCUT2D eigenvalue weighted by molar-refractivity contribution is -0.386. The molecule has 1 fully saturated rings. The van der Waals surface area contributed by atoms with Crippen LogP contribution in [-0.2, 0) is 19.2 Å². The molecule has 0 atom stereocenters. The summed E-state index contributed by atoms with van der Waals surface area (Å²) in [7, 11) is 0. The molecule has 1 aliphatic carbocycles. The molecular formula is C25H36N2O8. The molecule has 0 radical (unpaired) electrons. The molecule has 0 bridgehead atoms. The molecule has 1 aromatic rings. The maximum atomic E-state index is 13.5. The molecule has 1 aliphatic rings. The quantitative estimate of drug-likeness (QED) is 0.369. The SMILES string of the molecule is CCC(C)(CC)Oc1cc(C)c(C(=O)N(C(C)C)C2CCCCC2)cc1[N+](=O)[O-].O=C=O.O=C=O. The van der Waals surface area contributed by atoms with Crippen LogP contribution in [0.3, 0.4) is 0 Å². The van der Waals surface area contributed by atoms with Gasteiger partial charge in [0, 0.05) is 23.7 Å². The average molecular weight is 493 g/mol. The topological polar surface area (TPSA) is 141 Å². The molecule has 0 saturated heterocycles. The normalized spacial score (nSPS) is 13.2. The predicted octanol–water partition coefficient (Wildman–Crippen LogP) is 4.88. The number of ether oxygens (including phenoxy) is 1. The second-order valence-corrected chi connectivity index (χ2v) is 8.92. The summed E-state index contributed by atoms with van der Waals surface area (Å²) in [4.78, 5) is 59.2. The fourth-order valence-corrected chi connectivity index (χ4v) is 4.10. The van der Waals surface area contributed by atoms with Gasteiger partial charge in [0.25, 0.3) is 5.91 Å². The fraction of sp³-hybridized carbons (Fsp3) is 0.640. The third kappa shape index (κ3) is 9.43. The highest BCUT2D eigenvalue weighted by Crippen LogP contribution is 2.36. The van der Waals surface area contributed by atoms with Gasteiger partial charge in [-0.15, -0.1) is 0 Å². The number of hydrogen-bond donors (Lipinski definition) is 0. The van der Waals surface area contributed by atoms with Gasteiger partial charge in [-0.25, -0.2) is 0 Å². The summed E-state index contributed by atoms with van der Waals surface area (Å²) in [6.07, 6.45) is 7.43. The van der Waals surface area contributed by atoms with E-state index in [-0.39, 0.29) is 41.7 Å². The highest BCUT2D eigenvalue weighted by molar-refractivity contribution is 5.97. The van der Waals surface area contributed by atoms with E-state index in [1.54, 1.807) is 6.07 Å². The lowest BCUT2D eigenvalue weighted by atomic mass is 9.92. The van der Waals surface area contributed by atoms with Crippen LogP contribution < -0.4 is 4.74 Å². The van der Waals surface area contributed by atoms with E-state index in [1.165, 1.54) is 12.5 Å². The smallest absolute Gasteiger partial charge is 0.373 e. The number of aryl methyl sites for hydroxylation is 1. The molecule has 0 unspecified atom stereocenters. The zero-order chi connectivity index (χ0) is 27.2. The van der Waals surface area contributed by atoms with Crippen LogP contribution in [0.15, 0.2) is 12.1 Å². The molecule has 1 aromatic carbocycles. The molecule has 0 aromatic heterocycles. The van der Waals surface area contributed by atoms with Crippen LogP contribution in [0.2, 0.25) is 0 Å². The fourth-order valence-electron chi connectivity index (χ4n) is 4.10. The molecule has 10 heteroatoms. The van der Waals surface area contributed by atoms with Crippen molar-refractivity contribution < 1.29 is 33.6 Å². The second-order valence-electron chi connectivity index (χ2n) is 8.92. The largest absolute Gasteiger partial charge is 0.481 e. The van der Waals surface area contributed by atoms with Gasteiger partial charge in [0.2, 0.25) is 0 Å². The Morgan fingerprint density at radius 2 is 1.60 bits per heavy atom. The van der Waals surface area contributed by atoms with Gasteiger partial charge < -0.3 is 9.64 Å². The third-order valence-electron chi connectivity index (χ3n) is 6.34. The Balaban J connectivity index is 0.00000174. The molecule has 194 valence electrons. The zero-order valence-electron chi connectivity index (χ0n) is 21.4. The van der Waals surface area contributed by atoms with Crippen LogP contribution in [-0.4, -0.2) is 45.7 Å². The van der Waals surface area contributed by atoms with Gasteiger partial charge in [-0.3, -0.25) is 14.9 Å². The number of nitro benzene ring substituents is 1. The molecule has 0 heterocycles. The van der Waals surface area contributed by atoms with Crippen molar-refractivity contribution in [2.45, 2.75) is 104 Å². The van der Waals surface area contributed by atoms with E-state index >= 15 is 0 Å². The number of nitro groups is 1. The molecule has 0 spiro atoms. The minimum absolute atomic E-state index is 0.0449. The van der Waals surface area contributed by atoms with Crippen LogP contribution in [0.4, 0.5) is 5.69 Å². The molecule has 35 heavy (non-hydrogen) atoms. The predicted molar refractivity (Wildman–Crippen MR) is 126 cm³/mol. The average Bonchev–Trinajstić information content (AvgIpc) is 2.80. The number of hydrogen-bond acceptors (Lipinski definition) is 8. The van der Waals surface area contributed by atoms with Crippen molar-refractivity contribution in [3.8, 4) is 5.75 Å². The van der Waals surface area contributed by atoms with Crippen molar-refractivity contribution in [3.63, 3.8) is 0 Å². The lowest BCUT2D eigenvalue weighted by Crippen LogP contribution is -2.46. The molecule has 0 N–H and O–H groups in total. The highest BCUT2D eigenvalue weighted by Gasteiger charge is 2.32. The summed E-state index contributed by atoms with van der Waals surface area (Å²) >= 11 is 0. The van der Waals surface area contributed by atoms with Crippen molar-refractivity contribution in [2.75, 3.05) is 0 Å². The first-order chi connectivity index (χ1) is 16.5. The Bertz CT molecular complexity index is 894. The summed E-state index contributed by atoms with van der Waals surface area (Å²) in [6, 6.07) is 3.32. The van der Waals surface area contributed by atoms with E-state index in [9.17, 15) is 14.9 Å². The van der Waals surface area contributed by atoms with Crippen LogP contribution >= 0.6 is 0 Å². The van der Waals surface area contributed by atoms with Crippen LogP contribution in [0.1, 0.15) is 95.5 Å². The molecule has 0 aliphatic heterocycles. The number of carbonyl (C=O) groups is 1. The molecule has 2 rings (SSSR count). The summed E-state index contributed by atoms with van der Waals surface area (Å²) in [5.74, 6) is 0.122. The van der Waals surface area contributed by atoms with E-state index in [1.807, 2.05) is 46.4 Å². The van der Waals surface area contributed by atoms with E-state index < -0.39 is 10.5 Å². The molecular weight excluding hydrogens is 456 g/mol. The van der Waals surface area contributed by atoms with Crippen LogP contribution in [0.5, 0.6) is 5.75 Å². The number of amides is 1. The first-order valence-electron chi connectivity index (χ1n) is 11.8. The Labute approximate surface area is 206 Å². The molecule has 10 nitrogen and oxygen atoms in total. The molecule has 1 amide bonds. The minimum Gasteiger partial charge on any atom is -0.481 e. The Morgan fingerprint density at radius 3 is 2.00 bits per heavy atom. The van der Waals surface area contributed by atoms with E-state index in [0.29, 0.717) is 11.1 Å². The molecule has 1 saturated carbocycles. The summed E-state index contributed by atoms with van der Waals surface area (Å²) in [5, 5.41) is 11.8. The number of nitrogens with zero attached hydrogens (tertiary/aromatic N) is 2. The second kappa shape index (κ2) is 15.5. The van der Waals surface area contributed by atoms with Crippen LogP contribution in [0, 0.1) is 17.0 Å². The standard InChI is InChI=1S/C23H36N2O4.2CO2/c1-7-23(6,8-2)29-21-14-17(5)19(15-20(21)25(27)28)22(26)24(16(3)4)18-12-10-9-11-13-18;2*2-1-3/h14-16,18H,7-13H2,1-6H3;;. The minimum atomic E-state index is -0.477. The van der Waals surface area contributed by atoms with Crippen molar-refractivity contribution in [2.24, 2.45) is 0 Å². The van der Waals surface area contributed by atoms with Gasteiger partial charge in [-0.05, 0) is 65.0 Å². The Hall–Kier alpha value is -3.35. The first-order valence-corrected chi connectivity index (χ1v) is 11.8. The van der Waals surface area contributed by atoms with Gasteiger partial charge in [0.15, 0.2) is 5.75 Å². The van der Waals surface area contributed by atoms with Crippen LogP contribution in [0.25, 0.3) is 0 Å².